The van der Waals surface area contributed by atoms with Crippen molar-refractivity contribution in [1.82, 2.24) is 15.0 Å². The van der Waals surface area contributed by atoms with Crippen LogP contribution in [0.5, 0.6) is 0 Å². The van der Waals surface area contributed by atoms with Gasteiger partial charge in [0.25, 0.3) is 0 Å². The van der Waals surface area contributed by atoms with E-state index < -0.39 is 0 Å². The molecule has 0 atom stereocenters. The molecule has 1 heterocycles. The van der Waals surface area contributed by atoms with Gasteiger partial charge in [0.15, 0.2) is 0 Å². The van der Waals surface area contributed by atoms with Crippen LogP contribution in [0.25, 0.3) is 16.9 Å². The van der Waals surface area contributed by atoms with Gasteiger partial charge in [-0.1, -0.05) is 0 Å². The summed E-state index contributed by atoms with van der Waals surface area (Å²) in [5.74, 6) is 2.21. The Kier molecular flexibility index (Phi) is 3.45. The molecule has 0 saturated carbocycles. The zero-order valence-electron chi connectivity index (χ0n) is 10.5. The fourth-order valence-corrected chi connectivity index (χ4v) is 3.17. The summed E-state index contributed by atoms with van der Waals surface area (Å²) >= 11 is 0.440. The minimum absolute atomic E-state index is 0.440. The molecule has 3 nitrogen and oxygen atoms in total. The molecule has 0 unspecified atom stereocenters. The second-order valence-electron chi connectivity index (χ2n) is 4.09. The van der Waals surface area contributed by atoms with Crippen molar-refractivity contribution in [2.24, 2.45) is 0 Å². The van der Waals surface area contributed by atoms with Gasteiger partial charge in [-0.15, -0.1) is 0 Å². The van der Waals surface area contributed by atoms with Crippen molar-refractivity contribution < 1.29 is 0 Å². The number of hydrogen-bond donors (Lipinski definition) is 0. The van der Waals surface area contributed by atoms with Gasteiger partial charge in [-0.3, -0.25) is 0 Å². The summed E-state index contributed by atoms with van der Waals surface area (Å²) < 4.78 is 3.20. The van der Waals surface area contributed by atoms with Crippen molar-refractivity contribution in [3.63, 3.8) is 0 Å². The van der Waals surface area contributed by atoms with Crippen molar-refractivity contribution in [2.75, 3.05) is 0 Å². The second-order valence-corrected chi connectivity index (χ2v) is 5.87. The molecule has 3 rings (SSSR count). The first-order chi connectivity index (χ1) is 9.38. The molecule has 0 aliphatic rings. The predicted octanol–water partition coefficient (Wildman–Crippen LogP) is 2.31. The fraction of sp³-hybridized carbons (Fsp3) is 0.0667. The number of nitrogens with zero attached hydrogens (tertiary/aromatic N) is 3. The van der Waals surface area contributed by atoms with E-state index >= 15 is 0 Å². The quantitative estimate of drug-likeness (QED) is 0.695. The maximum atomic E-state index is 4.26. The maximum absolute atomic E-state index is 4.26. The van der Waals surface area contributed by atoms with Crippen LogP contribution in [-0.2, 0) is 0 Å². The van der Waals surface area contributed by atoms with Crippen LogP contribution in [0.4, 0.5) is 0 Å². The summed E-state index contributed by atoms with van der Waals surface area (Å²) in [6, 6.07) is 18.5. The number of aromatic nitrogens is 3. The van der Waals surface area contributed by atoms with Gasteiger partial charge in [0.1, 0.15) is 0 Å². The molecule has 0 saturated heterocycles. The Balaban J connectivity index is 2.02. The first-order valence-corrected chi connectivity index (χ1v) is 8.56. The van der Waals surface area contributed by atoms with Crippen LogP contribution >= 0.6 is 0 Å². The third-order valence-corrected chi connectivity index (χ3v) is 4.54. The molecule has 0 radical (unpaired) electrons. The van der Waals surface area contributed by atoms with Gasteiger partial charge >= 0.3 is 118 Å². The van der Waals surface area contributed by atoms with Crippen LogP contribution < -0.4 is 4.46 Å². The summed E-state index contributed by atoms with van der Waals surface area (Å²) in [6.07, 6.45) is 1.99. The van der Waals surface area contributed by atoms with Gasteiger partial charge in [0, 0.05) is 0 Å². The van der Waals surface area contributed by atoms with Crippen molar-refractivity contribution in [2.45, 2.75) is 5.82 Å². The average molecular weight is 314 g/mol. The Morgan fingerprint density at radius 1 is 0.947 bits per heavy atom. The van der Waals surface area contributed by atoms with Crippen molar-refractivity contribution in [3.8, 4) is 16.9 Å². The van der Waals surface area contributed by atoms with Gasteiger partial charge < -0.3 is 0 Å². The summed E-state index contributed by atoms with van der Waals surface area (Å²) in [7, 11) is 0. The van der Waals surface area contributed by atoms with E-state index in [-0.39, 0.29) is 0 Å². The zero-order valence-corrected chi connectivity index (χ0v) is 12.2. The molecule has 19 heavy (non-hydrogen) atoms. The number of rotatable bonds is 3. The topological polar surface area (TPSA) is 30.7 Å². The van der Waals surface area contributed by atoms with Crippen LogP contribution in [0.2, 0.25) is 5.82 Å². The van der Waals surface area contributed by atoms with E-state index in [0.717, 1.165) is 16.9 Å². The molecule has 0 aliphatic heterocycles. The van der Waals surface area contributed by atoms with Gasteiger partial charge in [-0.25, -0.2) is 0 Å². The van der Waals surface area contributed by atoms with Gasteiger partial charge in [-0.2, -0.15) is 0 Å². The van der Waals surface area contributed by atoms with Gasteiger partial charge in [0.2, 0.25) is 0 Å². The SMILES string of the molecule is C[Se]c1ccccc1-n1cc(-c2ccccc2)nn1. The summed E-state index contributed by atoms with van der Waals surface area (Å²) in [5, 5.41) is 8.51. The normalized spacial score (nSPS) is 10.6. The van der Waals surface area contributed by atoms with Crippen molar-refractivity contribution >= 4 is 19.4 Å². The van der Waals surface area contributed by atoms with Crippen LogP contribution in [0, 0.1) is 0 Å². The Hall–Kier alpha value is -1.90. The monoisotopic (exact) mass is 315 g/mol. The average Bonchev–Trinajstić information content (AvgIpc) is 2.98. The molecule has 2 aromatic carbocycles. The molecule has 4 heteroatoms. The first-order valence-electron chi connectivity index (χ1n) is 5.99. The van der Waals surface area contributed by atoms with Gasteiger partial charge in [0.05, 0.1) is 0 Å². The van der Waals surface area contributed by atoms with E-state index in [2.05, 4.69) is 34.3 Å². The molecular weight excluding hydrogens is 301 g/mol. The third-order valence-electron chi connectivity index (χ3n) is 2.89. The number of hydrogen-bond acceptors (Lipinski definition) is 2. The molecule has 0 amide bonds. The molecular formula is C15H13N3Se. The van der Waals surface area contributed by atoms with Gasteiger partial charge in [-0.05, 0) is 0 Å². The summed E-state index contributed by atoms with van der Waals surface area (Å²) in [5.41, 5.74) is 3.12. The van der Waals surface area contributed by atoms with Crippen LogP contribution in [0.1, 0.15) is 0 Å². The number of benzene rings is 2. The summed E-state index contributed by atoms with van der Waals surface area (Å²) in [4.78, 5) is 0. The molecule has 0 spiro atoms. The zero-order chi connectivity index (χ0) is 13.1. The fourth-order valence-electron chi connectivity index (χ4n) is 1.94. The molecule has 0 fully saturated rings. The number of para-hydroxylation sites is 1. The molecule has 3 aromatic rings. The van der Waals surface area contributed by atoms with E-state index in [1.807, 2.05) is 47.3 Å². The Bertz CT molecular complexity index is 677. The van der Waals surface area contributed by atoms with E-state index in [1.165, 1.54) is 4.46 Å². The van der Waals surface area contributed by atoms with E-state index in [0.29, 0.717) is 15.0 Å². The Labute approximate surface area is 118 Å². The van der Waals surface area contributed by atoms with Crippen LogP contribution in [0.15, 0.2) is 60.8 Å². The van der Waals surface area contributed by atoms with Crippen LogP contribution in [0.3, 0.4) is 0 Å². The van der Waals surface area contributed by atoms with Crippen molar-refractivity contribution in [3.05, 3.63) is 60.8 Å². The Morgan fingerprint density at radius 2 is 1.68 bits per heavy atom. The Morgan fingerprint density at radius 3 is 2.47 bits per heavy atom. The standard InChI is InChI=1S/C15H13N3Se/c1-19-15-10-6-5-9-14(15)18-11-13(16-17-18)12-7-3-2-4-8-12/h2-11H,1H3. The van der Waals surface area contributed by atoms with E-state index in [4.69, 9.17) is 0 Å². The van der Waals surface area contributed by atoms with E-state index in [9.17, 15) is 0 Å². The molecule has 94 valence electrons. The minimum atomic E-state index is 0.440. The third kappa shape index (κ3) is 2.46. The first kappa shape index (κ1) is 12.1. The second kappa shape index (κ2) is 5.39. The molecule has 0 N–H and O–H groups in total. The predicted molar refractivity (Wildman–Crippen MR) is 78.0 cm³/mol. The molecule has 0 bridgehead atoms. The summed E-state index contributed by atoms with van der Waals surface area (Å²) in [6.45, 7) is 0. The van der Waals surface area contributed by atoms with E-state index in [1.54, 1.807) is 0 Å². The molecule has 1 aromatic heterocycles. The van der Waals surface area contributed by atoms with Crippen molar-refractivity contribution in [1.29, 1.82) is 0 Å². The molecule has 0 aliphatic carbocycles. The van der Waals surface area contributed by atoms with Crippen LogP contribution in [-0.4, -0.2) is 30.0 Å².